The second-order valence-electron chi connectivity index (χ2n) is 16.2. The van der Waals surface area contributed by atoms with Crippen LogP contribution >= 0.6 is 0 Å². The van der Waals surface area contributed by atoms with Crippen LogP contribution in [-0.2, 0) is 21.7 Å². The molecule has 0 aliphatic rings. The largest absolute Gasteiger partial charge is 0.507 e. The number of carbonyl (C=O) groups excluding carboxylic acids is 1. The summed E-state index contributed by atoms with van der Waals surface area (Å²) in [6.07, 6.45) is 0. The number of phenolic OH excluding ortho intramolecular Hbond substituents is 1. The average Bonchev–Trinajstić information content (AvgIpc) is 2.91. The molecule has 1 N–H and O–H groups in total. The zero-order valence-electron chi connectivity index (χ0n) is 29.2. The molecule has 0 radical (unpaired) electrons. The molecular formula is C41H50O4. The maximum Gasteiger partial charge on any atom is 0.193 e. The van der Waals surface area contributed by atoms with E-state index >= 15 is 0 Å². The van der Waals surface area contributed by atoms with Crippen LogP contribution in [0.4, 0.5) is 0 Å². The number of phenols is 1. The summed E-state index contributed by atoms with van der Waals surface area (Å²) in [6.45, 7) is 25.6. The summed E-state index contributed by atoms with van der Waals surface area (Å²) in [7, 11) is 0. The van der Waals surface area contributed by atoms with Gasteiger partial charge < -0.3 is 14.6 Å². The second-order valence-corrected chi connectivity index (χ2v) is 16.2. The lowest BCUT2D eigenvalue weighted by Crippen LogP contribution is -2.17. The number of aromatic hydroxyl groups is 1. The van der Waals surface area contributed by atoms with E-state index in [2.05, 4.69) is 101 Å². The van der Waals surface area contributed by atoms with E-state index in [1.807, 2.05) is 48.5 Å². The SMILES string of the molecule is CC(C)(C)c1cc(Oc2cc(Oc3cc(C(C)(C)C)c(O)c(C(C)(C)C)c3)cc(C(=O)c3ccccc3)c2)cc(C(C)(C)C)c1. The van der Waals surface area contributed by atoms with Crippen molar-refractivity contribution in [3.05, 3.63) is 112 Å². The Morgan fingerprint density at radius 1 is 0.489 bits per heavy atom. The first-order valence-electron chi connectivity index (χ1n) is 15.8. The zero-order valence-corrected chi connectivity index (χ0v) is 29.2. The molecule has 0 aliphatic heterocycles. The molecule has 0 unspecified atom stereocenters. The van der Waals surface area contributed by atoms with Crippen LogP contribution in [0, 0.1) is 0 Å². The van der Waals surface area contributed by atoms with Crippen LogP contribution in [0.3, 0.4) is 0 Å². The lowest BCUT2D eigenvalue weighted by Gasteiger charge is -2.28. The van der Waals surface area contributed by atoms with E-state index in [-0.39, 0.29) is 33.2 Å². The van der Waals surface area contributed by atoms with Crippen LogP contribution in [0.15, 0.2) is 78.9 Å². The van der Waals surface area contributed by atoms with Gasteiger partial charge in [-0.25, -0.2) is 0 Å². The molecule has 4 heteroatoms. The fourth-order valence-corrected chi connectivity index (χ4v) is 5.18. The summed E-state index contributed by atoms with van der Waals surface area (Å²) in [4.78, 5) is 13.7. The maximum absolute atomic E-state index is 13.7. The van der Waals surface area contributed by atoms with E-state index in [4.69, 9.17) is 9.47 Å². The summed E-state index contributed by atoms with van der Waals surface area (Å²) >= 11 is 0. The summed E-state index contributed by atoms with van der Waals surface area (Å²) < 4.78 is 13.1. The summed E-state index contributed by atoms with van der Waals surface area (Å²) in [6, 6.07) is 24.8. The monoisotopic (exact) mass is 606 g/mol. The van der Waals surface area contributed by atoms with Crippen molar-refractivity contribution in [2.45, 2.75) is 105 Å². The summed E-state index contributed by atoms with van der Waals surface area (Å²) in [5.74, 6) is 2.43. The van der Waals surface area contributed by atoms with Crippen LogP contribution < -0.4 is 9.47 Å². The topological polar surface area (TPSA) is 55.8 Å². The van der Waals surface area contributed by atoms with Gasteiger partial charge in [0.05, 0.1) is 0 Å². The maximum atomic E-state index is 13.7. The molecule has 238 valence electrons. The standard InChI is InChI=1S/C41H50O4/c1-38(2,3)28-20-29(39(4,5)6)22-32(21-28)44-30-18-27(36(42)26-16-14-13-15-17-26)19-31(23-30)45-33-24-34(40(7,8)9)37(43)35(25-33)41(10,11)12/h13-25,43H,1-12H3. The molecule has 0 amide bonds. The van der Waals surface area contributed by atoms with E-state index < -0.39 is 0 Å². The molecule has 0 fully saturated rings. The average molecular weight is 607 g/mol. The predicted octanol–water partition coefficient (Wildman–Crippen LogP) is 11.4. The molecule has 0 spiro atoms. The van der Waals surface area contributed by atoms with E-state index in [0.717, 1.165) is 11.1 Å². The van der Waals surface area contributed by atoms with Crippen LogP contribution in [0.25, 0.3) is 0 Å². The van der Waals surface area contributed by atoms with Crippen molar-refractivity contribution in [3.63, 3.8) is 0 Å². The molecule has 4 nitrogen and oxygen atoms in total. The lowest BCUT2D eigenvalue weighted by molar-refractivity contribution is 0.103. The van der Waals surface area contributed by atoms with Gasteiger partial charge in [0, 0.05) is 28.3 Å². The molecule has 4 aromatic carbocycles. The molecule has 0 aliphatic carbocycles. The minimum atomic E-state index is -0.314. The predicted molar refractivity (Wildman–Crippen MR) is 186 cm³/mol. The molecule has 0 saturated heterocycles. The third-order valence-corrected chi connectivity index (χ3v) is 7.99. The minimum Gasteiger partial charge on any atom is -0.507 e. The van der Waals surface area contributed by atoms with Crippen molar-refractivity contribution in [1.82, 2.24) is 0 Å². The molecule has 0 bridgehead atoms. The highest BCUT2D eigenvalue weighted by Crippen LogP contribution is 2.43. The van der Waals surface area contributed by atoms with Gasteiger partial charge in [-0.3, -0.25) is 4.79 Å². The first-order chi connectivity index (χ1) is 20.6. The van der Waals surface area contributed by atoms with Gasteiger partial charge in [-0.05, 0) is 69.2 Å². The smallest absolute Gasteiger partial charge is 0.193 e. The van der Waals surface area contributed by atoms with E-state index in [1.165, 1.54) is 11.1 Å². The number of hydrogen-bond donors (Lipinski definition) is 1. The lowest BCUT2D eigenvalue weighted by atomic mass is 9.79. The quantitative estimate of drug-likeness (QED) is 0.222. The number of benzene rings is 4. The fraction of sp³-hybridized carbons (Fsp3) is 0.390. The second kappa shape index (κ2) is 12.0. The van der Waals surface area contributed by atoms with Gasteiger partial charge in [0.1, 0.15) is 28.7 Å². The van der Waals surface area contributed by atoms with E-state index in [1.54, 1.807) is 12.1 Å². The highest BCUT2D eigenvalue weighted by Gasteiger charge is 2.28. The Morgan fingerprint density at radius 3 is 1.29 bits per heavy atom. The third kappa shape index (κ3) is 8.16. The molecule has 45 heavy (non-hydrogen) atoms. The van der Waals surface area contributed by atoms with Crippen molar-refractivity contribution in [3.8, 4) is 28.7 Å². The van der Waals surface area contributed by atoms with E-state index in [9.17, 15) is 9.90 Å². The minimum absolute atomic E-state index is 0.0762. The van der Waals surface area contributed by atoms with Gasteiger partial charge >= 0.3 is 0 Å². The van der Waals surface area contributed by atoms with Crippen LogP contribution in [0.5, 0.6) is 28.7 Å². The summed E-state index contributed by atoms with van der Waals surface area (Å²) in [5, 5.41) is 11.2. The zero-order chi connectivity index (χ0) is 33.5. The first kappa shape index (κ1) is 33.8. The fourth-order valence-electron chi connectivity index (χ4n) is 5.18. The normalized spacial score (nSPS) is 12.6. The number of rotatable bonds is 6. The number of ketones is 1. The van der Waals surface area contributed by atoms with Crippen molar-refractivity contribution in [2.75, 3.05) is 0 Å². The van der Waals surface area contributed by atoms with Crippen molar-refractivity contribution in [2.24, 2.45) is 0 Å². The third-order valence-electron chi connectivity index (χ3n) is 7.99. The molecular weight excluding hydrogens is 556 g/mol. The van der Waals surface area contributed by atoms with Gasteiger partial charge in [-0.15, -0.1) is 0 Å². The van der Waals surface area contributed by atoms with Gasteiger partial charge in [0.25, 0.3) is 0 Å². The number of carbonyl (C=O) groups is 1. The highest BCUT2D eigenvalue weighted by molar-refractivity contribution is 6.09. The Kier molecular flexibility index (Phi) is 9.05. The molecule has 0 heterocycles. The van der Waals surface area contributed by atoms with Crippen molar-refractivity contribution in [1.29, 1.82) is 0 Å². The molecule has 0 saturated carbocycles. The highest BCUT2D eigenvalue weighted by atomic mass is 16.5. The Bertz CT molecular complexity index is 1620. The van der Waals surface area contributed by atoms with Gasteiger partial charge in [0.2, 0.25) is 0 Å². The Morgan fingerprint density at radius 2 is 0.889 bits per heavy atom. The first-order valence-corrected chi connectivity index (χ1v) is 15.8. The van der Waals surface area contributed by atoms with Gasteiger partial charge in [0.15, 0.2) is 5.78 Å². The molecule has 4 rings (SSSR count). The molecule has 0 aromatic heterocycles. The molecule has 4 aromatic rings. The summed E-state index contributed by atoms with van der Waals surface area (Å²) in [5.41, 5.74) is 4.20. The molecule has 0 atom stereocenters. The van der Waals surface area contributed by atoms with Crippen LogP contribution in [0.2, 0.25) is 0 Å². The Labute approximate surface area is 270 Å². The van der Waals surface area contributed by atoms with E-state index in [0.29, 0.717) is 34.1 Å². The van der Waals surface area contributed by atoms with Gasteiger partial charge in [-0.2, -0.15) is 0 Å². The van der Waals surface area contributed by atoms with Crippen LogP contribution in [-0.4, -0.2) is 10.9 Å². The van der Waals surface area contributed by atoms with Crippen molar-refractivity contribution >= 4 is 5.78 Å². The Hall–Kier alpha value is -4.05. The van der Waals surface area contributed by atoms with Gasteiger partial charge in [-0.1, -0.05) is 119 Å². The number of hydrogen-bond acceptors (Lipinski definition) is 4. The van der Waals surface area contributed by atoms with Crippen molar-refractivity contribution < 1.29 is 19.4 Å². The Balaban J connectivity index is 1.87. The number of ether oxygens (including phenoxy) is 2. The van der Waals surface area contributed by atoms with Crippen LogP contribution in [0.1, 0.15) is 121 Å².